The van der Waals surface area contributed by atoms with Gasteiger partial charge in [0, 0.05) is 56.1 Å². The van der Waals surface area contributed by atoms with Crippen LogP contribution in [0, 0.1) is 29.1 Å². The van der Waals surface area contributed by atoms with E-state index in [1.165, 1.54) is 5.39 Å². The highest BCUT2D eigenvalue weighted by Crippen LogP contribution is 2.59. The number of H-pyrrole nitrogens is 1. The molecule has 2 saturated carbocycles. The van der Waals surface area contributed by atoms with Gasteiger partial charge in [-0.1, -0.05) is 36.3 Å². The summed E-state index contributed by atoms with van der Waals surface area (Å²) in [6.45, 7) is 7.33. The monoisotopic (exact) mass is 532 g/mol. The Kier molecular flexibility index (Phi) is 7.83. The number of hydrogen-bond donors (Lipinski definition) is 6. The molecule has 3 aliphatic carbocycles. The Morgan fingerprint density at radius 1 is 1.18 bits per heavy atom. The molecule has 2 bridgehead atoms. The maximum atomic E-state index is 12.2. The smallest absolute Gasteiger partial charge is 0.191 e. The topological polar surface area (TPSA) is 113 Å². The number of nitrogens with zero attached hydrogens (tertiary/aromatic N) is 1. The lowest BCUT2D eigenvalue weighted by molar-refractivity contribution is -0.0677. The van der Waals surface area contributed by atoms with Gasteiger partial charge in [0.05, 0.1) is 17.2 Å². The molecule has 0 unspecified atom stereocenters. The van der Waals surface area contributed by atoms with Gasteiger partial charge in [0.15, 0.2) is 5.96 Å². The van der Waals surface area contributed by atoms with Crippen molar-refractivity contribution >= 4 is 16.9 Å². The molecular formula is C32H44N4O3. The maximum absolute atomic E-state index is 12.2. The van der Waals surface area contributed by atoms with Gasteiger partial charge in [0.2, 0.25) is 0 Å². The van der Waals surface area contributed by atoms with Crippen LogP contribution < -0.4 is 10.6 Å². The minimum atomic E-state index is -0.938. The van der Waals surface area contributed by atoms with Crippen molar-refractivity contribution < 1.29 is 15.3 Å². The van der Waals surface area contributed by atoms with E-state index < -0.39 is 11.2 Å². The molecule has 0 saturated heterocycles. The van der Waals surface area contributed by atoms with Gasteiger partial charge < -0.3 is 30.9 Å². The van der Waals surface area contributed by atoms with Crippen LogP contribution in [0.5, 0.6) is 0 Å². The first-order valence-electron chi connectivity index (χ1n) is 14.4. The number of aliphatic hydroxyl groups is 3. The zero-order valence-electron chi connectivity index (χ0n) is 23.4. The summed E-state index contributed by atoms with van der Waals surface area (Å²) in [6.07, 6.45) is 6.20. The van der Waals surface area contributed by atoms with E-state index >= 15 is 0 Å². The summed E-state index contributed by atoms with van der Waals surface area (Å²) in [5.74, 6) is 7.54. The van der Waals surface area contributed by atoms with Crippen LogP contribution in [0.25, 0.3) is 10.9 Å². The number of nitrogens with one attached hydrogen (secondary N) is 3. The lowest BCUT2D eigenvalue weighted by atomic mass is 9.66. The molecule has 5 rings (SSSR count). The molecule has 7 heteroatoms. The number of aliphatic imine (C=N–C) groups is 1. The molecule has 2 fully saturated rings. The third-order valence-electron chi connectivity index (χ3n) is 9.75. The number of rotatable bonds is 7. The van der Waals surface area contributed by atoms with Crippen LogP contribution in [0.4, 0.5) is 0 Å². The van der Waals surface area contributed by atoms with Crippen molar-refractivity contribution in [3.8, 4) is 11.8 Å². The molecule has 0 spiro atoms. The van der Waals surface area contributed by atoms with E-state index in [0.717, 1.165) is 42.5 Å². The van der Waals surface area contributed by atoms with E-state index in [0.29, 0.717) is 44.6 Å². The van der Waals surface area contributed by atoms with E-state index in [-0.39, 0.29) is 29.9 Å². The molecule has 1 heterocycles. The Balaban J connectivity index is 1.46. The van der Waals surface area contributed by atoms with E-state index in [4.69, 9.17) is 5.11 Å². The first kappa shape index (κ1) is 27.8. The first-order valence-corrected chi connectivity index (χ1v) is 14.4. The predicted molar refractivity (Wildman–Crippen MR) is 156 cm³/mol. The fraction of sp³-hybridized carbons (Fsp3) is 0.594. The van der Waals surface area contributed by atoms with Gasteiger partial charge in [-0.2, -0.15) is 0 Å². The first-order chi connectivity index (χ1) is 18.7. The number of guanidine groups is 1. The van der Waals surface area contributed by atoms with Crippen LogP contribution in [0.15, 0.2) is 47.5 Å². The van der Waals surface area contributed by atoms with Crippen molar-refractivity contribution in [1.82, 2.24) is 15.6 Å². The fourth-order valence-electron chi connectivity index (χ4n) is 7.43. The second kappa shape index (κ2) is 11.0. The molecule has 1 aromatic carbocycles. The standard InChI is InChI=1S/C32H44N4O3/c1-22(18-25-19-23-8-4-5-10-28(23)35-25)31-12-6-9-24(36-29(33-3)34-16-7-17-37)20-32(39)13-11-26(27(32)21-31)30(2,38)14-15-31/h4-5,8,10,19,24,26-27,35,37-39H,1,7,11-18,20-21H2,2-3H3,(H2,33,34,36)/t24-,26-,27-,30+,31-,32+/m0/s1. The van der Waals surface area contributed by atoms with E-state index in [9.17, 15) is 10.2 Å². The number of hydrogen-bond acceptors (Lipinski definition) is 4. The third-order valence-corrected chi connectivity index (χ3v) is 9.75. The fourth-order valence-corrected chi connectivity index (χ4v) is 7.43. The molecule has 7 nitrogen and oxygen atoms in total. The summed E-state index contributed by atoms with van der Waals surface area (Å²) in [4.78, 5) is 7.89. The number of fused-ring (bicyclic) bond motifs is 2. The Hall–Kier alpha value is -2.79. The largest absolute Gasteiger partial charge is 0.396 e. The number of benzene rings is 1. The van der Waals surface area contributed by atoms with Crippen LogP contribution in [0.3, 0.4) is 0 Å². The van der Waals surface area contributed by atoms with Crippen molar-refractivity contribution in [1.29, 1.82) is 0 Å². The molecule has 6 N–H and O–H groups in total. The number of aromatic amines is 1. The van der Waals surface area contributed by atoms with Crippen molar-refractivity contribution in [2.75, 3.05) is 20.2 Å². The highest BCUT2D eigenvalue weighted by Gasteiger charge is 2.58. The third kappa shape index (κ3) is 5.61. The Morgan fingerprint density at radius 3 is 2.77 bits per heavy atom. The molecule has 6 atom stereocenters. The van der Waals surface area contributed by atoms with Gasteiger partial charge in [0.1, 0.15) is 0 Å². The number of aromatic nitrogens is 1. The lowest BCUT2D eigenvalue weighted by Gasteiger charge is -2.41. The van der Waals surface area contributed by atoms with Crippen molar-refractivity contribution in [3.05, 3.63) is 48.2 Å². The molecule has 1 aromatic heterocycles. The highest BCUT2D eigenvalue weighted by molar-refractivity contribution is 5.80. The SMILES string of the molecule is C=C(Cc1cc2ccccc2[nH]1)[C@]12CC#C[C@H](NC(=NC)NCCCO)C[C@]3(O)CC[C@@H]([C@@H]3C1)[C@](C)(O)CC2. The summed E-state index contributed by atoms with van der Waals surface area (Å²) in [5, 5.41) is 40.9. The maximum Gasteiger partial charge on any atom is 0.191 e. The van der Waals surface area contributed by atoms with Gasteiger partial charge in [-0.05, 0) is 74.8 Å². The van der Waals surface area contributed by atoms with Gasteiger partial charge in [-0.3, -0.25) is 4.99 Å². The second-order valence-corrected chi connectivity index (χ2v) is 12.3. The van der Waals surface area contributed by atoms with Gasteiger partial charge in [0.25, 0.3) is 0 Å². The predicted octanol–water partition coefficient (Wildman–Crippen LogP) is 3.66. The molecule has 0 amide bonds. The average molecular weight is 533 g/mol. The Morgan fingerprint density at radius 2 is 2.00 bits per heavy atom. The minimum Gasteiger partial charge on any atom is -0.396 e. The van der Waals surface area contributed by atoms with Crippen LogP contribution in [0.2, 0.25) is 0 Å². The molecule has 0 aliphatic heterocycles. The molecule has 39 heavy (non-hydrogen) atoms. The number of aliphatic hydroxyl groups excluding tert-OH is 1. The number of allylic oxidation sites excluding steroid dienone is 1. The van der Waals surface area contributed by atoms with Crippen molar-refractivity contribution in [3.63, 3.8) is 0 Å². The Labute approximate surface area is 232 Å². The van der Waals surface area contributed by atoms with E-state index in [1.54, 1.807) is 7.05 Å². The lowest BCUT2D eigenvalue weighted by Crippen LogP contribution is -2.49. The summed E-state index contributed by atoms with van der Waals surface area (Å²) >= 11 is 0. The molecule has 3 aliphatic rings. The van der Waals surface area contributed by atoms with E-state index in [2.05, 4.69) is 63.3 Å². The summed E-state index contributed by atoms with van der Waals surface area (Å²) in [7, 11) is 1.72. The summed E-state index contributed by atoms with van der Waals surface area (Å²) in [6, 6.07) is 10.2. The van der Waals surface area contributed by atoms with Gasteiger partial charge in [-0.25, -0.2) is 0 Å². The number of para-hydroxylation sites is 1. The minimum absolute atomic E-state index is 0.0333. The van der Waals surface area contributed by atoms with Crippen molar-refractivity contribution in [2.24, 2.45) is 22.2 Å². The van der Waals surface area contributed by atoms with Crippen LogP contribution in [0.1, 0.15) is 64.0 Å². The van der Waals surface area contributed by atoms with E-state index in [1.807, 2.05) is 13.0 Å². The quantitative estimate of drug-likeness (QED) is 0.107. The average Bonchev–Trinajstić information content (AvgIpc) is 3.43. The van der Waals surface area contributed by atoms with Gasteiger partial charge in [-0.15, -0.1) is 5.92 Å². The summed E-state index contributed by atoms with van der Waals surface area (Å²) < 4.78 is 0. The molecule has 2 aromatic rings. The zero-order chi connectivity index (χ0) is 27.7. The zero-order valence-corrected chi connectivity index (χ0v) is 23.4. The van der Waals surface area contributed by atoms with Crippen LogP contribution in [-0.2, 0) is 6.42 Å². The summed E-state index contributed by atoms with van der Waals surface area (Å²) in [5.41, 5.74) is 1.32. The highest BCUT2D eigenvalue weighted by atomic mass is 16.3. The molecule has 210 valence electrons. The van der Waals surface area contributed by atoms with Crippen molar-refractivity contribution in [2.45, 2.75) is 82.0 Å². The van der Waals surface area contributed by atoms with Crippen LogP contribution in [-0.4, -0.2) is 63.7 Å². The van der Waals surface area contributed by atoms with Crippen LogP contribution >= 0.6 is 0 Å². The normalized spacial score (nSPS) is 34.3. The Bertz CT molecular complexity index is 1250. The molecular weight excluding hydrogens is 488 g/mol. The van der Waals surface area contributed by atoms with Gasteiger partial charge >= 0.3 is 0 Å². The second-order valence-electron chi connectivity index (χ2n) is 12.3. The molecule has 0 radical (unpaired) electrons.